The van der Waals surface area contributed by atoms with Gasteiger partial charge in [-0.25, -0.2) is 4.79 Å². The van der Waals surface area contributed by atoms with E-state index >= 15 is 0 Å². The number of ketones is 1. The molecule has 3 rings (SSSR count). The number of Topliss-reactive ketones (excluding diaryl/α,β-unsaturated/α-hetero) is 1. The minimum atomic E-state index is -1.15. The van der Waals surface area contributed by atoms with Gasteiger partial charge in [0.25, 0.3) is 0 Å². The van der Waals surface area contributed by atoms with E-state index in [0.717, 1.165) is 13.2 Å². The van der Waals surface area contributed by atoms with Gasteiger partial charge in [-0.1, -0.05) is 6.58 Å². The third-order valence-electron chi connectivity index (χ3n) is 4.51. The monoisotopic (exact) mass is 379 g/mol. The number of methoxy groups -OCH3 is 1. The van der Waals surface area contributed by atoms with Crippen molar-refractivity contribution in [3.63, 3.8) is 0 Å². The van der Waals surface area contributed by atoms with Crippen LogP contribution in [-0.2, 0) is 28.5 Å². The number of carbonyl (C=O) groups is 3. The second kappa shape index (κ2) is 7.16. The molecule has 2 fully saturated rings. The molecule has 27 heavy (non-hydrogen) atoms. The van der Waals surface area contributed by atoms with Crippen LogP contribution >= 0.6 is 0 Å². The SMILES string of the molecule is C=CC(=O)N[C@H]1[C@H](OC(=O)OC)[C@@H]2OC(C)(C)O[C@@H](C2=O)[C@@H]1c1ccco1. The topological polar surface area (TPSA) is 113 Å². The van der Waals surface area contributed by atoms with Gasteiger partial charge in [-0.05, 0) is 32.1 Å². The smallest absolute Gasteiger partial charge is 0.469 e. The van der Waals surface area contributed by atoms with Gasteiger partial charge in [-0.15, -0.1) is 0 Å². The van der Waals surface area contributed by atoms with Gasteiger partial charge in [0.15, 0.2) is 23.8 Å². The van der Waals surface area contributed by atoms with Crippen LogP contribution in [0.25, 0.3) is 0 Å². The second-order valence-corrected chi connectivity index (χ2v) is 6.70. The number of furan rings is 1. The zero-order valence-electron chi connectivity index (χ0n) is 15.2. The molecule has 1 amide bonds. The Morgan fingerprint density at radius 2 is 2.00 bits per heavy atom. The Kier molecular flexibility index (Phi) is 5.07. The van der Waals surface area contributed by atoms with E-state index in [2.05, 4.69) is 16.6 Å². The number of ether oxygens (including phenoxy) is 4. The average molecular weight is 379 g/mol. The predicted molar refractivity (Wildman–Crippen MR) is 89.7 cm³/mol. The minimum Gasteiger partial charge on any atom is -0.469 e. The lowest BCUT2D eigenvalue weighted by atomic mass is 9.75. The maximum Gasteiger partial charge on any atom is 0.508 e. The van der Waals surface area contributed by atoms with Crippen molar-refractivity contribution in [3.05, 3.63) is 36.8 Å². The first-order chi connectivity index (χ1) is 12.8. The fourth-order valence-electron chi connectivity index (χ4n) is 3.47. The number of amides is 1. The molecule has 2 bridgehead atoms. The zero-order chi connectivity index (χ0) is 19.8. The lowest BCUT2D eigenvalue weighted by Gasteiger charge is -2.51. The highest BCUT2D eigenvalue weighted by Crippen LogP contribution is 2.43. The average Bonchev–Trinajstić information content (AvgIpc) is 3.14. The Morgan fingerprint density at radius 3 is 2.59 bits per heavy atom. The summed E-state index contributed by atoms with van der Waals surface area (Å²) in [4.78, 5) is 36.8. The molecule has 1 saturated carbocycles. The van der Waals surface area contributed by atoms with Crippen LogP contribution in [0.4, 0.5) is 4.79 Å². The molecule has 1 aliphatic carbocycles. The van der Waals surface area contributed by atoms with E-state index in [4.69, 9.17) is 18.6 Å². The zero-order valence-corrected chi connectivity index (χ0v) is 15.2. The molecule has 5 atom stereocenters. The molecule has 1 aromatic heterocycles. The summed E-state index contributed by atoms with van der Waals surface area (Å²) in [6.45, 7) is 6.73. The molecule has 2 aliphatic rings. The molecule has 1 saturated heterocycles. The van der Waals surface area contributed by atoms with Gasteiger partial charge < -0.3 is 28.7 Å². The summed E-state index contributed by atoms with van der Waals surface area (Å²) in [5.41, 5.74) is 0. The number of hydrogen-bond acceptors (Lipinski definition) is 8. The molecule has 0 spiro atoms. The van der Waals surface area contributed by atoms with Gasteiger partial charge in [-0.3, -0.25) is 9.59 Å². The number of rotatable bonds is 4. The predicted octanol–water partition coefficient (Wildman–Crippen LogP) is 1.29. The Bertz CT molecular complexity index is 741. The number of fused-ring (bicyclic) bond motifs is 2. The normalized spacial score (nSPS) is 31.7. The van der Waals surface area contributed by atoms with E-state index in [9.17, 15) is 14.4 Å². The maximum atomic E-state index is 12.9. The third-order valence-corrected chi connectivity index (χ3v) is 4.51. The Hall–Kier alpha value is -2.65. The highest BCUT2D eigenvalue weighted by Gasteiger charge is 2.60. The van der Waals surface area contributed by atoms with Crippen LogP contribution < -0.4 is 5.32 Å². The first-order valence-corrected chi connectivity index (χ1v) is 8.37. The first kappa shape index (κ1) is 19.1. The van der Waals surface area contributed by atoms with Gasteiger partial charge in [0.05, 0.1) is 25.3 Å². The fourth-order valence-corrected chi connectivity index (χ4v) is 3.47. The van der Waals surface area contributed by atoms with Crippen LogP contribution in [0.2, 0.25) is 0 Å². The number of carbonyl (C=O) groups excluding carboxylic acids is 3. The van der Waals surface area contributed by atoms with E-state index in [-0.39, 0.29) is 0 Å². The Balaban J connectivity index is 2.08. The lowest BCUT2D eigenvalue weighted by molar-refractivity contribution is -0.309. The quantitative estimate of drug-likeness (QED) is 0.615. The van der Waals surface area contributed by atoms with E-state index < -0.39 is 53.9 Å². The minimum absolute atomic E-state index is 0.400. The highest BCUT2D eigenvalue weighted by atomic mass is 16.8. The van der Waals surface area contributed by atoms with Crippen LogP contribution in [0.15, 0.2) is 35.5 Å². The van der Waals surface area contributed by atoms with E-state index in [1.165, 1.54) is 6.26 Å². The first-order valence-electron chi connectivity index (χ1n) is 8.37. The molecule has 0 aromatic carbocycles. The lowest BCUT2D eigenvalue weighted by Crippen LogP contribution is -2.70. The van der Waals surface area contributed by atoms with Crippen molar-refractivity contribution >= 4 is 17.8 Å². The van der Waals surface area contributed by atoms with Crippen molar-refractivity contribution in [1.82, 2.24) is 5.32 Å². The molecule has 9 heteroatoms. The van der Waals surface area contributed by atoms with E-state index in [1.807, 2.05) is 0 Å². The fraction of sp³-hybridized carbons (Fsp3) is 0.500. The summed E-state index contributed by atoms with van der Waals surface area (Å²) in [6, 6.07) is 2.44. The summed E-state index contributed by atoms with van der Waals surface area (Å²) in [5.74, 6) is -2.38. The van der Waals surface area contributed by atoms with Crippen LogP contribution in [0.3, 0.4) is 0 Å². The van der Waals surface area contributed by atoms with Crippen LogP contribution in [0.1, 0.15) is 25.5 Å². The Labute approximate surface area is 155 Å². The molecular weight excluding hydrogens is 358 g/mol. The van der Waals surface area contributed by atoms with Crippen molar-refractivity contribution < 1.29 is 37.7 Å². The van der Waals surface area contributed by atoms with E-state index in [0.29, 0.717) is 5.76 Å². The van der Waals surface area contributed by atoms with Crippen molar-refractivity contribution in [2.75, 3.05) is 7.11 Å². The standard InChI is InChI=1S/C18H21NO8/c1-5-10(20)19-12-11(9-7-6-8-24-9)14-13(21)16(27-18(2,3)26-14)15(12)25-17(22)23-4/h5-8,11-12,14-16H,1H2,2-4H3,(H,19,20)/t11-,12-,14-,15+,16-/m1/s1. The summed E-state index contributed by atoms with van der Waals surface area (Å²) in [7, 11) is 1.14. The molecule has 9 nitrogen and oxygen atoms in total. The van der Waals surface area contributed by atoms with Gasteiger partial charge in [0.2, 0.25) is 5.91 Å². The van der Waals surface area contributed by atoms with Gasteiger partial charge in [-0.2, -0.15) is 0 Å². The van der Waals surface area contributed by atoms with Gasteiger partial charge >= 0.3 is 6.16 Å². The maximum absolute atomic E-state index is 12.9. The van der Waals surface area contributed by atoms with Crippen molar-refractivity contribution in [3.8, 4) is 0 Å². The van der Waals surface area contributed by atoms with Crippen molar-refractivity contribution in [1.29, 1.82) is 0 Å². The molecule has 2 heterocycles. The molecule has 0 unspecified atom stereocenters. The van der Waals surface area contributed by atoms with Crippen molar-refractivity contribution in [2.45, 2.75) is 49.9 Å². The number of nitrogens with one attached hydrogen (secondary N) is 1. The molecule has 146 valence electrons. The summed E-state index contributed by atoms with van der Waals surface area (Å²) in [6.07, 6.45) is -1.74. The molecule has 1 N–H and O–H groups in total. The molecular formula is C18H21NO8. The third kappa shape index (κ3) is 3.60. The highest BCUT2D eigenvalue weighted by molar-refractivity contribution is 5.92. The molecule has 1 aromatic rings. The summed E-state index contributed by atoms with van der Waals surface area (Å²) < 4.78 is 26.9. The summed E-state index contributed by atoms with van der Waals surface area (Å²) >= 11 is 0. The Morgan fingerprint density at radius 1 is 1.30 bits per heavy atom. The van der Waals surface area contributed by atoms with E-state index in [1.54, 1.807) is 26.0 Å². The number of hydrogen-bond donors (Lipinski definition) is 1. The van der Waals surface area contributed by atoms with Crippen LogP contribution in [-0.4, -0.2) is 55.1 Å². The van der Waals surface area contributed by atoms with Crippen molar-refractivity contribution in [2.24, 2.45) is 0 Å². The molecule has 0 radical (unpaired) electrons. The van der Waals surface area contributed by atoms with Gasteiger partial charge in [0.1, 0.15) is 11.9 Å². The largest absolute Gasteiger partial charge is 0.508 e. The summed E-state index contributed by atoms with van der Waals surface area (Å²) in [5, 5.41) is 2.70. The van der Waals surface area contributed by atoms with Gasteiger partial charge in [0, 0.05) is 0 Å². The van der Waals surface area contributed by atoms with Crippen LogP contribution in [0, 0.1) is 0 Å². The van der Waals surface area contributed by atoms with Crippen LogP contribution in [0.5, 0.6) is 0 Å². The second-order valence-electron chi connectivity index (χ2n) is 6.70. The molecule has 1 aliphatic heterocycles.